The summed E-state index contributed by atoms with van der Waals surface area (Å²) in [5.41, 5.74) is 2.21. The van der Waals surface area contributed by atoms with Crippen molar-refractivity contribution < 1.29 is 17.9 Å². The Bertz CT molecular complexity index is 1180. The normalized spacial score (nSPS) is 11.1. The van der Waals surface area contributed by atoms with Gasteiger partial charge in [-0.05, 0) is 61.9 Å². The maximum Gasteiger partial charge on any atom is 0.264 e. The lowest BCUT2D eigenvalue weighted by Crippen LogP contribution is -2.40. The topological polar surface area (TPSA) is 75.7 Å². The summed E-state index contributed by atoms with van der Waals surface area (Å²) in [6, 6.07) is 20.8. The molecule has 1 amide bonds. The summed E-state index contributed by atoms with van der Waals surface area (Å²) in [6.45, 7) is 4.25. The van der Waals surface area contributed by atoms with Crippen LogP contribution < -0.4 is 14.4 Å². The molecule has 3 rings (SSSR count). The third-order valence-electron chi connectivity index (χ3n) is 4.69. The van der Waals surface area contributed by atoms with Gasteiger partial charge in [0.05, 0.1) is 17.2 Å². The van der Waals surface area contributed by atoms with E-state index in [2.05, 4.69) is 21.2 Å². The van der Waals surface area contributed by atoms with Crippen molar-refractivity contribution in [1.29, 1.82) is 0 Å². The number of halogens is 1. The lowest BCUT2D eigenvalue weighted by Gasteiger charge is -2.24. The molecule has 0 saturated carbocycles. The van der Waals surface area contributed by atoms with E-state index in [0.717, 1.165) is 21.2 Å². The molecule has 32 heavy (non-hydrogen) atoms. The fourth-order valence-corrected chi connectivity index (χ4v) is 4.88. The van der Waals surface area contributed by atoms with Gasteiger partial charge >= 0.3 is 0 Å². The van der Waals surface area contributed by atoms with Crippen molar-refractivity contribution >= 4 is 37.5 Å². The van der Waals surface area contributed by atoms with Crippen LogP contribution in [0.1, 0.15) is 18.1 Å². The van der Waals surface area contributed by atoms with Gasteiger partial charge in [0.25, 0.3) is 10.0 Å². The SMILES string of the molecule is CCOc1cccc(CNC(=O)CN(c2cccc(Br)c2)S(=O)(=O)c2ccc(C)cc2)c1. The molecule has 0 radical (unpaired) electrons. The number of hydrogen-bond donors (Lipinski definition) is 1. The van der Waals surface area contributed by atoms with E-state index < -0.39 is 15.9 Å². The second-order valence-electron chi connectivity index (χ2n) is 7.16. The minimum absolute atomic E-state index is 0.125. The summed E-state index contributed by atoms with van der Waals surface area (Å²) in [5, 5.41) is 2.80. The van der Waals surface area contributed by atoms with Crippen molar-refractivity contribution in [3.05, 3.63) is 88.4 Å². The zero-order valence-electron chi connectivity index (χ0n) is 17.9. The Labute approximate surface area is 197 Å². The molecule has 3 aromatic carbocycles. The van der Waals surface area contributed by atoms with Gasteiger partial charge in [0, 0.05) is 11.0 Å². The molecule has 0 aliphatic heterocycles. The number of nitrogens with one attached hydrogen (secondary N) is 1. The van der Waals surface area contributed by atoms with E-state index in [-0.39, 0.29) is 18.0 Å². The van der Waals surface area contributed by atoms with Crippen LogP contribution in [-0.4, -0.2) is 27.5 Å². The quantitative estimate of drug-likeness (QED) is 0.448. The van der Waals surface area contributed by atoms with Crippen molar-refractivity contribution in [1.82, 2.24) is 5.32 Å². The lowest BCUT2D eigenvalue weighted by atomic mass is 10.2. The van der Waals surface area contributed by atoms with E-state index in [1.807, 2.05) is 38.1 Å². The average Bonchev–Trinajstić information content (AvgIpc) is 2.77. The number of amides is 1. The fraction of sp³-hybridized carbons (Fsp3) is 0.208. The van der Waals surface area contributed by atoms with Crippen LogP contribution >= 0.6 is 15.9 Å². The molecule has 0 unspecified atom stereocenters. The fourth-order valence-electron chi connectivity index (χ4n) is 3.08. The molecule has 1 N–H and O–H groups in total. The van der Waals surface area contributed by atoms with E-state index in [4.69, 9.17) is 4.74 Å². The van der Waals surface area contributed by atoms with E-state index >= 15 is 0 Å². The highest BCUT2D eigenvalue weighted by Crippen LogP contribution is 2.26. The van der Waals surface area contributed by atoms with Gasteiger partial charge in [0.15, 0.2) is 0 Å². The molecule has 8 heteroatoms. The van der Waals surface area contributed by atoms with Gasteiger partial charge in [-0.1, -0.05) is 51.8 Å². The number of ether oxygens (including phenoxy) is 1. The van der Waals surface area contributed by atoms with Gasteiger partial charge in [0.2, 0.25) is 5.91 Å². The van der Waals surface area contributed by atoms with Crippen molar-refractivity contribution in [3.8, 4) is 5.75 Å². The zero-order valence-corrected chi connectivity index (χ0v) is 20.3. The number of anilines is 1. The molecule has 0 bridgehead atoms. The smallest absolute Gasteiger partial charge is 0.264 e. The number of aryl methyl sites for hydroxylation is 1. The molecule has 0 aliphatic carbocycles. The van der Waals surface area contributed by atoms with Crippen LogP contribution in [-0.2, 0) is 21.4 Å². The minimum Gasteiger partial charge on any atom is -0.494 e. The van der Waals surface area contributed by atoms with Gasteiger partial charge in [-0.25, -0.2) is 8.42 Å². The van der Waals surface area contributed by atoms with Gasteiger partial charge in [0.1, 0.15) is 12.3 Å². The van der Waals surface area contributed by atoms with E-state index in [1.54, 1.807) is 48.5 Å². The Hall–Kier alpha value is -2.84. The molecular formula is C24H25BrN2O4S. The first-order valence-corrected chi connectivity index (χ1v) is 12.4. The molecule has 0 heterocycles. The van der Waals surface area contributed by atoms with E-state index in [1.165, 1.54) is 0 Å². The van der Waals surface area contributed by atoms with Crippen molar-refractivity contribution in [2.75, 3.05) is 17.5 Å². The van der Waals surface area contributed by atoms with Gasteiger partial charge in [-0.2, -0.15) is 0 Å². The molecule has 3 aromatic rings. The summed E-state index contributed by atoms with van der Waals surface area (Å²) in [7, 11) is -3.95. The largest absolute Gasteiger partial charge is 0.494 e. The predicted octanol–water partition coefficient (Wildman–Crippen LogP) is 4.67. The highest BCUT2D eigenvalue weighted by Gasteiger charge is 2.27. The summed E-state index contributed by atoms with van der Waals surface area (Å²) < 4.78 is 34.1. The Kier molecular flexibility index (Phi) is 7.93. The Morgan fingerprint density at radius 1 is 1.03 bits per heavy atom. The molecule has 6 nitrogen and oxygen atoms in total. The maximum absolute atomic E-state index is 13.4. The van der Waals surface area contributed by atoms with E-state index in [9.17, 15) is 13.2 Å². The highest BCUT2D eigenvalue weighted by atomic mass is 79.9. The molecule has 0 atom stereocenters. The number of carbonyl (C=O) groups excluding carboxylic acids is 1. The molecule has 0 spiro atoms. The maximum atomic E-state index is 13.4. The summed E-state index contributed by atoms with van der Waals surface area (Å²) in [5.74, 6) is 0.305. The monoisotopic (exact) mass is 516 g/mol. The van der Waals surface area contributed by atoms with Crippen LogP contribution in [0.15, 0.2) is 82.2 Å². The van der Waals surface area contributed by atoms with Crippen LogP contribution in [0.3, 0.4) is 0 Å². The van der Waals surface area contributed by atoms with Gasteiger partial charge in [-0.3, -0.25) is 9.10 Å². The number of rotatable bonds is 9. The minimum atomic E-state index is -3.95. The van der Waals surface area contributed by atoms with Crippen LogP contribution in [0.5, 0.6) is 5.75 Å². The van der Waals surface area contributed by atoms with Crippen LogP contribution in [0, 0.1) is 6.92 Å². The molecule has 0 aliphatic rings. The Morgan fingerprint density at radius 2 is 1.75 bits per heavy atom. The lowest BCUT2D eigenvalue weighted by molar-refractivity contribution is -0.119. The second-order valence-corrected chi connectivity index (χ2v) is 9.94. The van der Waals surface area contributed by atoms with Crippen LogP contribution in [0.25, 0.3) is 0 Å². The number of sulfonamides is 1. The summed E-state index contributed by atoms with van der Waals surface area (Å²) in [6.07, 6.45) is 0. The first-order chi connectivity index (χ1) is 15.3. The van der Waals surface area contributed by atoms with Crippen LogP contribution in [0.2, 0.25) is 0 Å². The summed E-state index contributed by atoms with van der Waals surface area (Å²) >= 11 is 3.38. The third-order valence-corrected chi connectivity index (χ3v) is 6.97. The molecule has 168 valence electrons. The first kappa shape index (κ1) is 23.8. The van der Waals surface area contributed by atoms with Crippen molar-refractivity contribution in [2.24, 2.45) is 0 Å². The number of nitrogens with zero attached hydrogens (tertiary/aromatic N) is 1. The highest BCUT2D eigenvalue weighted by molar-refractivity contribution is 9.10. The Morgan fingerprint density at radius 3 is 2.44 bits per heavy atom. The van der Waals surface area contributed by atoms with Gasteiger partial charge < -0.3 is 10.1 Å². The average molecular weight is 517 g/mol. The predicted molar refractivity (Wildman–Crippen MR) is 129 cm³/mol. The van der Waals surface area contributed by atoms with Gasteiger partial charge in [-0.15, -0.1) is 0 Å². The zero-order chi connectivity index (χ0) is 23.1. The molecular weight excluding hydrogens is 492 g/mol. The summed E-state index contributed by atoms with van der Waals surface area (Å²) in [4.78, 5) is 12.9. The van der Waals surface area contributed by atoms with E-state index in [0.29, 0.717) is 16.8 Å². The van der Waals surface area contributed by atoms with Crippen molar-refractivity contribution in [2.45, 2.75) is 25.3 Å². The second kappa shape index (κ2) is 10.7. The number of carbonyl (C=O) groups is 1. The van der Waals surface area contributed by atoms with Crippen LogP contribution in [0.4, 0.5) is 5.69 Å². The first-order valence-electron chi connectivity index (χ1n) is 10.1. The van der Waals surface area contributed by atoms with Crippen molar-refractivity contribution in [3.63, 3.8) is 0 Å². The third kappa shape index (κ3) is 6.11. The molecule has 0 saturated heterocycles. The Balaban J connectivity index is 1.82. The number of hydrogen-bond acceptors (Lipinski definition) is 4. The molecule has 0 aromatic heterocycles. The standard InChI is InChI=1S/C24H25BrN2O4S/c1-3-31-22-9-4-6-19(14-22)16-26-24(28)17-27(21-8-5-7-20(25)15-21)32(29,30)23-12-10-18(2)11-13-23/h4-15H,3,16-17H2,1-2H3,(H,26,28). The molecule has 0 fully saturated rings. The number of benzene rings is 3.